The molecular weight excluding hydrogens is 237 g/mol. The Bertz CT molecular complexity index is 351. The molecule has 0 saturated carbocycles. The van der Waals surface area contributed by atoms with E-state index in [0.29, 0.717) is 0 Å². The van der Waals surface area contributed by atoms with Gasteiger partial charge in [0.15, 0.2) is 0 Å². The molecule has 0 fully saturated rings. The number of halogens is 3. The lowest BCUT2D eigenvalue weighted by molar-refractivity contribution is -0.0328. The first-order valence-corrected chi connectivity index (χ1v) is 5.23. The van der Waals surface area contributed by atoms with Crippen LogP contribution in [0.3, 0.4) is 0 Å². The maximum atomic E-state index is 11.9. The molecule has 0 radical (unpaired) electrons. The van der Waals surface area contributed by atoms with Crippen molar-refractivity contribution in [1.82, 2.24) is 0 Å². The third kappa shape index (κ3) is 3.69. The molecule has 78 valence electrons. The van der Waals surface area contributed by atoms with Gasteiger partial charge in [0.2, 0.25) is 0 Å². The first-order valence-electron chi connectivity index (χ1n) is 3.33. The van der Waals surface area contributed by atoms with Gasteiger partial charge in [-0.05, 0) is 41.0 Å². The van der Waals surface area contributed by atoms with Crippen molar-refractivity contribution < 1.29 is 21.9 Å². The van der Waals surface area contributed by atoms with Crippen LogP contribution in [0.1, 0.15) is 0 Å². The molecule has 0 saturated heterocycles. The molecule has 0 spiro atoms. The number of thioether (sulfide) groups is 1. The summed E-state index contributed by atoms with van der Waals surface area (Å²) in [6, 6.07) is 4.67. The molecule has 1 rings (SSSR count). The van der Waals surface area contributed by atoms with Gasteiger partial charge in [-0.1, -0.05) is 6.07 Å². The van der Waals surface area contributed by atoms with E-state index >= 15 is 0 Å². The molecule has 1 aromatic carbocycles. The molecule has 0 aliphatic rings. The molecule has 2 nitrogen and oxygen atoms in total. The second-order valence-electron chi connectivity index (χ2n) is 2.26. The zero-order valence-corrected chi connectivity index (χ0v) is 8.21. The van der Waals surface area contributed by atoms with Gasteiger partial charge in [0.1, 0.15) is 0 Å². The first kappa shape index (κ1) is 11.5. The molecule has 0 bridgehead atoms. The summed E-state index contributed by atoms with van der Waals surface area (Å²) in [4.78, 5) is -0.293. The molecule has 0 aliphatic carbocycles. The predicted molar refractivity (Wildman–Crippen MR) is 45.5 cm³/mol. The summed E-state index contributed by atoms with van der Waals surface area (Å²) in [5.74, 6) is 0. The van der Waals surface area contributed by atoms with E-state index in [-0.39, 0.29) is 21.6 Å². The SMILES string of the molecule is O=S([O-])c1cccc(SC(F)(F)F)c1. The van der Waals surface area contributed by atoms with E-state index in [9.17, 15) is 21.9 Å². The number of benzene rings is 1. The highest BCUT2D eigenvalue weighted by Gasteiger charge is 2.29. The number of hydrogen-bond donors (Lipinski definition) is 0. The lowest BCUT2D eigenvalue weighted by Gasteiger charge is -2.08. The fourth-order valence-corrected chi connectivity index (χ4v) is 1.86. The van der Waals surface area contributed by atoms with E-state index in [1.165, 1.54) is 18.2 Å². The summed E-state index contributed by atoms with van der Waals surface area (Å²) < 4.78 is 56.5. The predicted octanol–water partition coefficient (Wildman–Crippen LogP) is 2.54. The van der Waals surface area contributed by atoms with Crippen LogP contribution >= 0.6 is 11.8 Å². The van der Waals surface area contributed by atoms with E-state index < -0.39 is 16.6 Å². The van der Waals surface area contributed by atoms with E-state index in [2.05, 4.69) is 0 Å². The second-order valence-corrected chi connectivity index (χ2v) is 4.34. The summed E-state index contributed by atoms with van der Waals surface area (Å²) >= 11 is -2.84. The zero-order chi connectivity index (χ0) is 10.8. The Morgan fingerprint density at radius 2 is 2.00 bits per heavy atom. The van der Waals surface area contributed by atoms with E-state index in [1.54, 1.807) is 0 Å². The van der Waals surface area contributed by atoms with Crippen molar-refractivity contribution in [2.24, 2.45) is 0 Å². The Labute approximate surface area is 84.8 Å². The van der Waals surface area contributed by atoms with Crippen molar-refractivity contribution in [2.45, 2.75) is 15.3 Å². The van der Waals surface area contributed by atoms with Crippen molar-refractivity contribution >= 4 is 22.8 Å². The Morgan fingerprint density at radius 1 is 1.36 bits per heavy atom. The van der Waals surface area contributed by atoms with Crippen LogP contribution in [0.4, 0.5) is 13.2 Å². The van der Waals surface area contributed by atoms with Crippen LogP contribution in [0.2, 0.25) is 0 Å². The molecule has 0 N–H and O–H groups in total. The van der Waals surface area contributed by atoms with Gasteiger partial charge in [-0.2, -0.15) is 13.2 Å². The van der Waals surface area contributed by atoms with Crippen LogP contribution in [0.15, 0.2) is 34.1 Å². The Hall–Kier alpha value is -0.530. The normalized spacial score (nSPS) is 14.0. The number of alkyl halides is 3. The van der Waals surface area contributed by atoms with Gasteiger partial charge in [0.05, 0.1) is 0 Å². The summed E-state index contributed by atoms with van der Waals surface area (Å²) in [6.45, 7) is 0. The van der Waals surface area contributed by atoms with E-state index in [1.807, 2.05) is 0 Å². The van der Waals surface area contributed by atoms with Gasteiger partial charge < -0.3 is 4.55 Å². The van der Waals surface area contributed by atoms with E-state index in [0.717, 1.165) is 6.07 Å². The van der Waals surface area contributed by atoms with Crippen molar-refractivity contribution in [2.75, 3.05) is 0 Å². The fourth-order valence-electron chi connectivity index (χ4n) is 0.775. The monoisotopic (exact) mass is 241 g/mol. The van der Waals surface area contributed by atoms with Crippen molar-refractivity contribution in [3.05, 3.63) is 24.3 Å². The minimum atomic E-state index is -4.40. The lowest BCUT2D eigenvalue weighted by atomic mass is 10.4. The highest BCUT2D eigenvalue weighted by molar-refractivity contribution is 8.00. The topological polar surface area (TPSA) is 40.1 Å². The molecule has 0 heterocycles. The molecule has 14 heavy (non-hydrogen) atoms. The third-order valence-corrected chi connectivity index (χ3v) is 2.59. The van der Waals surface area contributed by atoms with Gasteiger partial charge in [-0.25, -0.2) is 0 Å². The molecule has 1 atom stereocenters. The van der Waals surface area contributed by atoms with Crippen LogP contribution in [0.25, 0.3) is 0 Å². The smallest absolute Gasteiger partial charge is 0.446 e. The molecule has 0 aliphatic heterocycles. The summed E-state index contributed by atoms with van der Waals surface area (Å²) in [7, 11) is 0. The Morgan fingerprint density at radius 3 is 2.50 bits per heavy atom. The average Bonchev–Trinajstić information content (AvgIpc) is 2.01. The quantitative estimate of drug-likeness (QED) is 0.590. The minimum absolute atomic E-state index is 0.140. The lowest BCUT2D eigenvalue weighted by Crippen LogP contribution is -1.99. The molecule has 7 heteroatoms. The maximum absolute atomic E-state index is 11.9. The van der Waals surface area contributed by atoms with Gasteiger partial charge in [-0.15, -0.1) is 0 Å². The van der Waals surface area contributed by atoms with Crippen molar-refractivity contribution in [3.8, 4) is 0 Å². The van der Waals surface area contributed by atoms with Gasteiger partial charge in [0, 0.05) is 9.79 Å². The van der Waals surface area contributed by atoms with Crippen LogP contribution in [0, 0.1) is 0 Å². The molecular formula is C7H4F3O2S2-. The Balaban J connectivity index is 2.89. The van der Waals surface area contributed by atoms with Crippen LogP contribution in [-0.4, -0.2) is 14.3 Å². The molecule has 1 aromatic rings. The molecule has 0 amide bonds. The molecule has 0 aromatic heterocycles. The third-order valence-electron chi connectivity index (χ3n) is 1.23. The van der Waals surface area contributed by atoms with Crippen molar-refractivity contribution in [3.63, 3.8) is 0 Å². The highest BCUT2D eigenvalue weighted by atomic mass is 32.2. The maximum Gasteiger partial charge on any atom is 0.446 e. The van der Waals surface area contributed by atoms with Crippen LogP contribution < -0.4 is 0 Å². The minimum Gasteiger partial charge on any atom is -0.768 e. The van der Waals surface area contributed by atoms with Crippen LogP contribution in [-0.2, 0) is 11.1 Å². The first-order chi connectivity index (χ1) is 6.38. The van der Waals surface area contributed by atoms with Crippen LogP contribution in [0.5, 0.6) is 0 Å². The summed E-state index contributed by atoms with van der Waals surface area (Å²) in [5.41, 5.74) is -4.40. The average molecular weight is 241 g/mol. The highest BCUT2D eigenvalue weighted by Crippen LogP contribution is 2.37. The van der Waals surface area contributed by atoms with Gasteiger partial charge >= 0.3 is 5.51 Å². The zero-order valence-electron chi connectivity index (χ0n) is 6.58. The second kappa shape index (κ2) is 4.33. The summed E-state index contributed by atoms with van der Waals surface area (Å²) in [6.07, 6.45) is 0. The Kier molecular flexibility index (Phi) is 3.57. The van der Waals surface area contributed by atoms with Gasteiger partial charge in [0.25, 0.3) is 0 Å². The number of hydrogen-bond acceptors (Lipinski definition) is 3. The largest absolute Gasteiger partial charge is 0.768 e. The van der Waals surface area contributed by atoms with E-state index in [4.69, 9.17) is 0 Å². The van der Waals surface area contributed by atoms with Gasteiger partial charge in [-0.3, -0.25) is 4.21 Å². The van der Waals surface area contributed by atoms with Crippen molar-refractivity contribution in [1.29, 1.82) is 0 Å². The summed E-state index contributed by atoms with van der Waals surface area (Å²) in [5, 5.41) is 0. The fraction of sp³-hybridized carbons (Fsp3) is 0.143. The standard InChI is InChI=1S/C7H5F3O2S2/c8-7(9,10)13-5-2-1-3-6(4-5)14(11)12/h1-4H,(H,11,12)/p-1. The molecule has 1 unspecified atom stereocenters. The number of rotatable bonds is 2.